The highest BCUT2D eigenvalue weighted by Crippen LogP contribution is 2.48. The van der Waals surface area contributed by atoms with E-state index >= 15 is 0 Å². The van der Waals surface area contributed by atoms with Crippen LogP contribution in [0.1, 0.15) is 19.3 Å². The number of likely N-dealkylation sites (tertiary alicyclic amines) is 1. The Bertz CT molecular complexity index is 798. The number of anilines is 1. The smallest absolute Gasteiger partial charge is 0.300 e. The van der Waals surface area contributed by atoms with E-state index in [9.17, 15) is 0 Å². The molecule has 30 heavy (non-hydrogen) atoms. The van der Waals surface area contributed by atoms with Crippen LogP contribution in [-0.4, -0.2) is 79.7 Å². The Balaban J connectivity index is 1.54. The minimum Gasteiger partial charge on any atom is -0.432 e. The summed E-state index contributed by atoms with van der Waals surface area (Å²) in [6.07, 6.45) is 9.13. The summed E-state index contributed by atoms with van der Waals surface area (Å²) < 4.78 is 18.4. The van der Waals surface area contributed by atoms with E-state index in [1.165, 1.54) is 5.57 Å². The van der Waals surface area contributed by atoms with Crippen LogP contribution in [0.15, 0.2) is 33.6 Å². The van der Waals surface area contributed by atoms with Crippen molar-refractivity contribution in [2.45, 2.75) is 37.3 Å². The van der Waals surface area contributed by atoms with E-state index in [1.54, 1.807) is 12.5 Å². The summed E-state index contributed by atoms with van der Waals surface area (Å²) in [5.74, 6) is 0.837. The predicted octanol–water partition coefficient (Wildman–Crippen LogP) is -0.0138. The number of aromatic nitrogens is 1. The zero-order chi connectivity index (χ0) is 20.0. The molecule has 2 unspecified atom stereocenters. The first kappa shape index (κ1) is 18.6. The first-order valence-electron chi connectivity index (χ1n) is 10.9. The number of hydrogen-bond acceptors (Lipinski definition) is 10. The molecule has 3 saturated heterocycles. The van der Waals surface area contributed by atoms with Gasteiger partial charge in [-0.3, -0.25) is 20.1 Å². The standard InChI is InChI=1S/C20H28N7O3/c1-2-9-26(8-1)20(18-28-11-12-29-18)15(14-3-4-21-13-14)25-17(16-22-5-6-23-16)27(20)19-24-7-10-30-19/h7,10,13,15,18,21,25H,1-6,8-9,11-12H2,(H,22,23). The second kappa shape index (κ2) is 7.52. The Morgan fingerprint density at radius 3 is 2.67 bits per heavy atom. The van der Waals surface area contributed by atoms with Crippen molar-refractivity contribution in [1.82, 2.24) is 25.8 Å². The molecule has 161 valence electrons. The molecule has 10 heteroatoms. The van der Waals surface area contributed by atoms with Gasteiger partial charge in [-0.1, -0.05) is 0 Å². The minimum atomic E-state index is -0.655. The Hall–Kier alpha value is -2.14. The molecule has 6 heterocycles. The molecule has 10 nitrogen and oxygen atoms in total. The second-order valence-corrected chi connectivity index (χ2v) is 8.21. The Morgan fingerprint density at radius 2 is 2.00 bits per heavy atom. The van der Waals surface area contributed by atoms with Crippen LogP contribution in [0.2, 0.25) is 0 Å². The molecule has 0 aromatic carbocycles. The van der Waals surface area contributed by atoms with Crippen LogP contribution in [0.25, 0.3) is 0 Å². The molecule has 0 spiro atoms. The molecule has 3 fully saturated rings. The molecule has 5 aliphatic heterocycles. The van der Waals surface area contributed by atoms with Gasteiger partial charge in [-0.25, -0.2) is 4.98 Å². The van der Waals surface area contributed by atoms with E-state index in [-0.39, 0.29) is 6.04 Å². The normalized spacial score (nSPS) is 33.2. The van der Waals surface area contributed by atoms with Crippen LogP contribution < -0.4 is 20.9 Å². The summed E-state index contributed by atoms with van der Waals surface area (Å²) in [7, 11) is 0. The maximum atomic E-state index is 6.25. The van der Waals surface area contributed by atoms with Crippen LogP contribution in [0.5, 0.6) is 0 Å². The lowest BCUT2D eigenvalue weighted by atomic mass is 9.90. The number of rotatable bonds is 5. The summed E-state index contributed by atoms with van der Waals surface area (Å²) in [5.41, 5.74) is 0.642. The van der Waals surface area contributed by atoms with E-state index in [2.05, 4.69) is 36.9 Å². The lowest BCUT2D eigenvalue weighted by Crippen LogP contribution is -2.70. The fourth-order valence-electron chi connectivity index (χ4n) is 5.40. The maximum absolute atomic E-state index is 6.25. The predicted molar refractivity (Wildman–Crippen MR) is 109 cm³/mol. The maximum Gasteiger partial charge on any atom is 0.300 e. The molecule has 1 radical (unpaired) electrons. The van der Waals surface area contributed by atoms with E-state index < -0.39 is 12.0 Å². The zero-order valence-electron chi connectivity index (χ0n) is 17.0. The Labute approximate surface area is 175 Å². The number of ether oxygens (including phenoxy) is 2. The summed E-state index contributed by atoms with van der Waals surface area (Å²) in [6, 6.07) is 0.467. The summed E-state index contributed by atoms with van der Waals surface area (Å²) in [5, 5.41) is 10.6. The first-order valence-corrected chi connectivity index (χ1v) is 10.9. The van der Waals surface area contributed by atoms with E-state index in [0.29, 0.717) is 19.2 Å². The van der Waals surface area contributed by atoms with Gasteiger partial charge in [-0.05, 0) is 31.0 Å². The minimum absolute atomic E-state index is 0.0549. The van der Waals surface area contributed by atoms with Gasteiger partial charge >= 0.3 is 6.01 Å². The highest BCUT2D eigenvalue weighted by molar-refractivity contribution is 5.99. The topological polar surface area (TPSA) is 99.4 Å². The van der Waals surface area contributed by atoms with Gasteiger partial charge in [0.15, 0.2) is 12.0 Å². The highest BCUT2D eigenvalue weighted by Gasteiger charge is 2.67. The van der Waals surface area contributed by atoms with Crippen molar-refractivity contribution in [3.05, 3.63) is 30.4 Å². The van der Waals surface area contributed by atoms with Crippen LogP contribution in [0.3, 0.4) is 0 Å². The molecule has 2 atom stereocenters. The van der Waals surface area contributed by atoms with Crippen LogP contribution >= 0.6 is 0 Å². The number of aliphatic imine (C=N–C) groups is 1. The highest BCUT2D eigenvalue weighted by atomic mass is 16.7. The number of hydrogen-bond donors (Lipinski definition) is 3. The van der Waals surface area contributed by atoms with E-state index in [0.717, 1.165) is 64.0 Å². The summed E-state index contributed by atoms with van der Waals surface area (Å²) in [6.45, 7) is 5.60. The van der Waals surface area contributed by atoms with Gasteiger partial charge in [0.1, 0.15) is 12.1 Å². The largest absolute Gasteiger partial charge is 0.432 e. The Kier molecular flexibility index (Phi) is 4.67. The van der Waals surface area contributed by atoms with Gasteiger partial charge in [0.2, 0.25) is 6.17 Å². The fourth-order valence-corrected chi connectivity index (χ4v) is 5.40. The van der Waals surface area contributed by atoms with Crippen molar-refractivity contribution in [2.24, 2.45) is 4.99 Å². The lowest BCUT2D eigenvalue weighted by molar-refractivity contribution is -0.147. The van der Waals surface area contributed by atoms with Crippen LogP contribution in [-0.2, 0) is 9.47 Å². The van der Waals surface area contributed by atoms with Crippen molar-refractivity contribution in [2.75, 3.05) is 50.8 Å². The van der Waals surface area contributed by atoms with Gasteiger partial charge in [-0.2, -0.15) is 0 Å². The average Bonchev–Trinajstić information content (AvgIpc) is 3.62. The van der Waals surface area contributed by atoms with Gasteiger partial charge in [0, 0.05) is 26.2 Å². The summed E-state index contributed by atoms with van der Waals surface area (Å²) >= 11 is 0. The molecule has 5 aliphatic rings. The molecule has 3 N–H and O–H groups in total. The molecule has 1 aromatic heterocycles. The molecular weight excluding hydrogens is 386 g/mol. The number of oxazole rings is 1. The third-order valence-corrected chi connectivity index (χ3v) is 6.59. The molecule has 0 bridgehead atoms. The lowest BCUT2D eigenvalue weighted by Gasteiger charge is -2.49. The fraction of sp³-hybridized carbons (Fsp3) is 0.650. The SMILES string of the molecule is C1=C(C2N[C](C3=NCCN3)N(c3ncco3)C2(C2OCCO2)N2CCCC2)CCN1. The number of amidine groups is 1. The molecule has 0 aliphatic carbocycles. The van der Waals surface area contributed by atoms with E-state index in [1.807, 2.05) is 0 Å². The van der Waals surface area contributed by atoms with Crippen molar-refractivity contribution in [3.8, 4) is 0 Å². The zero-order valence-corrected chi connectivity index (χ0v) is 17.0. The second-order valence-electron chi connectivity index (χ2n) is 8.21. The van der Waals surface area contributed by atoms with Crippen LogP contribution in [0, 0.1) is 6.17 Å². The molecular formula is C20H28N7O3. The molecule has 1 aromatic rings. The van der Waals surface area contributed by atoms with Crippen molar-refractivity contribution < 1.29 is 13.9 Å². The average molecular weight is 414 g/mol. The first-order chi connectivity index (χ1) is 14.9. The number of nitrogens with zero attached hydrogens (tertiary/aromatic N) is 4. The molecule has 0 saturated carbocycles. The molecule has 6 rings (SSSR count). The molecule has 0 amide bonds. The van der Waals surface area contributed by atoms with Gasteiger partial charge in [-0.15, -0.1) is 0 Å². The third-order valence-electron chi connectivity index (χ3n) is 6.59. The van der Waals surface area contributed by atoms with Crippen molar-refractivity contribution in [1.29, 1.82) is 0 Å². The summed E-state index contributed by atoms with van der Waals surface area (Å²) in [4.78, 5) is 13.9. The van der Waals surface area contributed by atoms with Gasteiger partial charge < -0.3 is 24.5 Å². The van der Waals surface area contributed by atoms with Crippen LogP contribution in [0.4, 0.5) is 6.01 Å². The van der Waals surface area contributed by atoms with Gasteiger partial charge in [0.25, 0.3) is 0 Å². The quantitative estimate of drug-likeness (QED) is 0.614. The van der Waals surface area contributed by atoms with Crippen molar-refractivity contribution >= 4 is 11.9 Å². The Morgan fingerprint density at radius 1 is 1.13 bits per heavy atom. The third kappa shape index (κ3) is 2.71. The van der Waals surface area contributed by atoms with Crippen molar-refractivity contribution in [3.63, 3.8) is 0 Å². The number of nitrogens with one attached hydrogen (secondary N) is 3. The van der Waals surface area contributed by atoms with Gasteiger partial charge in [0.05, 0.1) is 32.0 Å². The van der Waals surface area contributed by atoms with E-state index in [4.69, 9.17) is 18.9 Å². The monoisotopic (exact) mass is 414 g/mol.